The zero-order valence-corrected chi connectivity index (χ0v) is 10.1. The highest BCUT2D eigenvalue weighted by Crippen LogP contribution is 2.22. The van der Waals surface area contributed by atoms with Gasteiger partial charge >= 0.3 is 5.97 Å². The highest BCUT2D eigenvalue weighted by atomic mass is 16.4. The van der Waals surface area contributed by atoms with Crippen LogP contribution in [0.5, 0.6) is 0 Å². The smallest absolute Gasteiger partial charge is 0.335 e. The van der Waals surface area contributed by atoms with Gasteiger partial charge in [0.05, 0.1) is 5.56 Å². The van der Waals surface area contributed by atoms with Crippen LogP contribution in [0.1, 0.15) is 38.1 Å². The van der Waals surface area contributed by atoms with Crippen LogP contribution in [-0.4, -0.2) is 22.1 Å². The van der Waals surface area contributed by atoms with Crippen molar-refractivity contribution < 1.29 is 9.90 Å². The maximum Gasteiger partial charge on any atom is 0.335 e. The summed E-state index contributed by atoms with van der Waals surface area (Å²) in [6.07, 6.45) is 1.50. The number of carboxylic acids is 1. The van der Waals surface area contributed by atoms with Gasteiger partial charge in [-0.2, -0.15) is 0 Å². The van der Waals surface area contributed by atoms with Gasteiger partial charge < -0.3 is 10.4 Å². The number of hydrogen-bond donors (Lipinski definition) is 2. The Labute approximate surface area is 95.7 Å². The van der Waals surface area contributed by atoms with Crippen molar-refractivity contribution in [1.29, 1.82) is 0 Å². The molecule has 16 heavy (non-hydrogen) atoms. The van der Waals surface area contributed by atoms with E-state index in [-0.39, 0.29) is 17.0 Å². The number of anilines is 1. The quantitative estimate of drug-likeness (QED) is 0.825. The van der Waals surface area contributed by atoms with E-state index in [1.807, 2.05) is 0 Å². The Hall–Kier alpha value is -1.58. The van der Waals surface area contributed by atoms with Gasteiger partial charge in [-0.05, 0) is 24.5 Å². The van der Waals surface area contributed by atoms with Gasteiger partial charge in [-0.15, -0.1) is 0 Å². The molecule has 0 aliphatic carbocycles. The Kier molecular flexibility index (Phi) is 3.52. The minimum atomic E-state index is -0.936. The van der Waals surface area contributed by atoms with E-state index < -0.39 is 5.97 Å². The van der Waals surface area contributed by atoms with Crippen LogP contribution in [-0.2, 0) is 0 Å². The van der Waals surface area contributed by atoms with Gasteiger partial charge in [-0.1, -0.05) is 20.8 Å². The predicted octanol–water partition coefficient (Wildman–Crippen LogP) is 2.63. The van der Waals surface area contributed by atoms with Gasteiger partial charge in [0.15, 0.2) is 0 Å². The molecule has 0 bridgehead atoms. The highest BCUT2D eigenvalue weighted by molar-refractivity contribution is 5.88. The maximum absolute atomic E-state index is 10.8. The van der Waals surface area contributed by atoms with Gasteiger partial charge in [-0.25, -0.2) is 9.78 Å². The first-order valence-electron chi connectivity index (χ1n) is 5.26. The number of nitrogens with one attached hydrogen (secondary N) is 1. The average Bonchev–Trinajstić information content (AvgIpc) is 2.16. The molecule has 4 nitrogen and oxygen atoms in total. The van der Waals surface area contributed by atoms with Gasteiger partial charge in [0.25, 0.3) is 0 Å². The second-order valence-electron chi connectivity index (χ2n) is 4.97. The molecule has 1 aromatic heterocycles. The predicted molar refractivity (Wildman–Crippen MR) is 63.7 cm³/mol. The molecule has 1 heterocycles. The lowest BCUT2D eigenvalue weighted by Crippen LogP contribution is -2.31. The zero-order valence-electron chi connectivity index (χ0n) is 10.1. The first kappa shape index (κ1) is 12.5. The Morgan fingerprint density at radius 3 is 2.62 bits per heavy atom. The van der Waals surface area contributed by atoms with Crippen molar-refractivity contribution in [2.45, 2.75) is 33.7 Å². The second kappa shape index (κ2) is 4.51. The van der Waals surface area contributed by atoms with Crippen molar-refractivity contribution in [2.24, 2.45) is 5.41 Å². The first-order chi connectivity index (χ1) is 7.30. The number of nitrogens with zero attached hydrogens (tertiary/aromatic N) is 1. The summed E-state index contributed by atoms with van der Waals surface area (Å²) in [5.74, 6) is -0.337. The number of carboxylic acid groups (broad SMARTS) is 1. The van der Waals surface area contributed by atoms with Crippen molar-refractivity contribution in [3.63, 3.8) is 0 Å². The zero-order chi connectivity index (χ0) is 12.3. The van der Waals surface area contributed by atoms with E-state index in [0.29, 0.717) is 5.82 Å². The number of hydrogen-bond acceptors (Lipinski definition) is 3. The summed E-state index contributed by atoms with van der Waals surface area (Å²) in [4.78, 5) is 14.9. The van der Waals surface area contributed by atoms with Crippen molar-refractivity contribution in [2.75, 3.05) is 5.32 Å². The number of carbonyl (C=O) groups is 1. The molecule has 0 amide bonds. The van der Waals surface area contributed by atoms with Crippen LogP contribution in [0, 0.1) is 5.41 Å². The topological polar surface area (TPSA) is 62.2 Å². The molecule has 0 saturated heterocycles. The standard InChI is InChI=1S/C12H18N2O2/c1-8(12(2,3)4)14-10-7-9(11(15)16)5-6-13-10/h5-8H,1-4H3,(H,13,14)(H,15,16). The number of aromatic nitrogens is 1. The number of aromatic carboxylic acids is 1. The molecule has 0 radical (unpaired) electrons. The molecule has 0 aliphatic heterocycles. The van der Waals surface area contributed by atoms with Gasteiger partial charge in [0, 0.05) is 12.2 Å². The molecule has 1 aromatic rings. The van der Waals surface area contributed by atoms with Crippen molar-refractivity contribution in [1.82, 2.24) is 4.98 Å². The molecule has 88 valence electrons. The summed E-state index contributed by atoms with van der Waals surface area (Å²) in [6, 6.07) is 3.24. The molecule has 1 atom stereocenters. The van der Waals surface area contributed by atoms with Gasteiger partial charge in [0.1, 0.15) is 5.82 Å². The summed E-state index contributed by atoms with van der Waals surface area (Å²) >= 11 is 0. The van der Waals surface area contributed by atoms with Crippen molar-refractivity contribution in [3.8, 4) is 0 Å². The minimum absolute atomic E-state index is 0.0981. The minimum Gasteiger partial charge on any atom is -0.478 e. The molecular weight excluding hydrogens is 204 g/mol. The monoisotopic (exact) mass is 222 g/mol. The third-order valence-corrected chi connectivity index (χ3v) is 2.67. The van der Waals surface area contributed by atoms with Gasteiger partial charge in [-0.3, -0.25) is 0 Å². The fraction of sp³-hybridized carbons (Fsp3) is 0.500. The van der Waals surface area contributed by atoms with Crippen LogP contribution in [0.4, 0.5) is 5.82 Å². The SMILES string of the molecule is CC(Nc1cc(C(=O)O)ccn1)C(C)(C)C. The summed E-state index contributed by atoms with van der Waals surface area (Å²) in [5.41, 5.74) is 0.347. The van der Waals surface area contributed by atoms with E-state index >= 15 is 0 Å². The third-order valence-electron chi connectivity index (χ3n) is 2.67. The van der Waals surface area contributed by atoms with Crippen LogP contribution in [0.25, 0.3) is 0 Å². The normalized spacial score (nSPS) is 13.2. The third kappa shape index (κ3) is 3.22. The first-order valence-corrected chi connectivity index (χ1v) is 5.26. The van der Waals surface area contributed by atoms with E-state index in [2.05, 4.69) is 38.0 Å². The molecule has 1 rings (SSSR count). The molecule has 0 aliphatic rings. The van der Waals surface area contributed by atoms with Gasteiger partial charge in [0.2, 0.25) is 0 Å². The molecule has 1 unspecified atom stereocenters. The molecule has 0 spiro atoms. The molecule has 0 aromatic carbocycles. The lowest BCUT2D eigenvalue weighted by atomic mass is 9.88. The largest absolute Gasteiger partial charge is 0.478 e. The van der Waals surface area contributed by atoms with Crippen molar-refractivity contribution >= 4 is 11.8 Å². The Balaban J connectivity index is 2.82. The fourth-order valence-corrected chi connectivity index (χ4v) is 1.08. The van der Waals surface area contributed by atoms with E-state index in [4.69, 9.17) is 5.11 Å². The Morgan fingerprint density at radius 2 is 2.12 bits per heavy atom. The molecule has 0 fully saturated rings. The maximum atomic E-state index is 10.8. The number of rotatable bonds is 3. The summed E-state index contributed by atoms with van der Waals surface area (Å²) in [7, 11) is 0. The summed E-state index contributed by atoms with van der Waals surface area (Å²) < 4.78 is 0. The van der Waals surface area contributed by atoms with E-state index in [0.717, 1.165) is 0 Å². The van der Waals surface area contributed by atoms with E-state index in [1.165, 1.54) is 12.3 Å². The number of pyridine rings is 1. The van der Waals surface area contributed by atoms with E-state index in [9.17, 15) is 4.79 Å². The van der Waals surface area contributed by atoms with Crippen LogP contribution < -0.4 is 5.32 Å². The van der Waals surface area contributed by atoms with Crippen LogP contribution >= 0.6 is 0 Å². The van der Waals surface area contributed by atoms with Crippen LogP contribution in [0.15, 0.2) is 18.3 Å². The lowest BCUT2D eigenvalue weighted by molar-refractivity contribution is 0.0697. The van der Waals surface area contributed by atoms with Crippen LogP contribution in [0.2, 0.25) is 0 Å². The van der Waals surface area contributed by atoms with E-state index in [1.54, 1.807) is 6.07 Å². The van der Waals surface area contributed by atoms with Crippen LogP contribution in [0.3, 0.4) is 0 Å². The summed E-state index contributed by atoms with van der Waals surface area (Å²) in [6.45, 7) is 8.40. The molecule has 0 saturated carbocycles. The Morgan fingerprint density at radius 1 is 1.50 bits per heavy atom. The average molecular weight is 222 g/mol. The molecular formula is C12H18N2O2. The van der Waals surface area contributed by atoms with Crippen molar-refractivity contribution in [3.05, 3.63) is 23.9 Å². The molecule has 2 N–H and O–H groups in total. The Bertz CT molecular complexity index is 383. The second-order valence-corrected chi connectivity index (χ2v) is 4.97. The summed E-state index contributed by atoms with van der Waals surface area (Å²) in [5, 5.41) is 12.1. The highest BCUT2D eigenvalue weighted by Gasteiger charge is 2.20. The lowest BCUT2D eigenvalue weighted by Gasteiger charge is -2.28. The fourth-order valence-electron chi connectivity index (χ4n) is 1.08. The molecule has 4 heteroatoms.